The Hall–Kier alpha value is -2.26. The van der Waals surface area contributed by atoms with Crippen LogP contribution in [0.5, 0.6) is 5.75 Å². The highest BCUT2D eigenvalue weighted by molar-refractivity contribution is 6.35. The number of benzene rings is 3. The van der Waals surface area contributed by atoms with Gasteiger partial charge in [0.2, 0.25) is 0 Å². The summed E-state index contributed by atoms with van der Waals surface area (Å²) in [4.78, 5) is 0. The van der Waals surface area contributed by atoms with Crippen LogP contribution in [0, 0.1) is 13.8 Å². The second-order valence-electron chi connectivity index (χ2n) is 5.76. The maximum atomic E-state index is 6.21. The van der Waals surface area contributed by atoms with Crippen LogP contribution in [-0.4, -0.2) is 21.7 Å². The minimum Gasteiger partial charge on any atom is -0.468 e. The van der Waals surface area contributed by atoms with Crippen LogP contribution in [0.3, 0.4) is 0 Å². The van der Waals surface area contributed by atoms with E-state index in [0.717, 1.165) is 16.7 Å². The molecule has 2 radical (unpaired) electrons. The number of hydrogen-bond acceptors (Lipinski definition) is 2. The number of rotatable bonds is 4. The quantitative estimate of drug-likeness (QED) is 0.537. The number of ether oxygens (including phenoxy) is 2. The summed E-state index contributed by atoms with van der Waals surface area (Å²) in [7, 11) is 7.82. The average Bonchev–Trinajstić information content (AvgIpc) is 2.53. The second kappa shape index (κ2) is 6.47. The van der Waals surface area contributed by atoms with E-state index in [1.807, 2.05) is 19.1 Å². The molecule has 0 saturated carbocycles. The third-order valence-corrected chi connectivity index (χ3v) is 3.99. The van der Waals surface area contributed by atoms with Gasteiger partial charge in [-0.3, -0.25) is 0 Å². The molecule has 23 heavy (non-hydrogen) atoms. The van der Waals surface area contributed by atoms with E-state index in [1.54, 1.807) is 7.11 Å². The van der Waals surface area contributed by atoms with Crippen molar-refractivity contribution in [3.63, 3.8) is 0 Å². The molecule has 3 aromatic carbocycles. The summed E-state index contributed by atoms with van der Waals surface area (Å²) in [6.45, 7) is 4.32. The van der Waals surface area contributed by atoms with Crippen molar-refractivity contribution in [3.05, 3.63) is 59.7 Å². The van der Waals surface area contributed by atoms with Gasteiger partial charge in [-0.2, -0.15) is 0 Å². The largest absolute Gasteiger partial charge is 0.468 e. The van der Waals surface area contributed by atoms with E-state index >= 15 is 0 Å². The van der Waals surface area contributed by atoms with Gasteiger partial charge in [-0.1, -0.05) is 53.5 Å². The Bertz CT molecular complexity index is 856. The van der Waals surface area contributed by atoms with Crippen molar-refractivity contribution in [2.75, 3.05) is 13.9 Å². The highest BCUT2D eigenvalue weighted by atomic mass is 16.7. The molecule has 0 aromatic heterocycles. The molecule has 3 rings (SSSR count). The van der Waals surface area contributed by atoms with Crippen molar-refractivity contribution < 1.29 is 9.47 Å². The summed E-state index contributed by atoms with van der Waals surface area (Å²) in [5.41, 5.74) is 5.09. The van der Waals surface area contributed by atoms with Gasteiger partial charge in [-0.15, -0.1) is 0 Å². The van der Waals surface area contributed by atoms with Gasteiger partial charge in [0.05, 0.1) is 0 Å². The van der Waals surface area contributed by atoms with E-state index in [4.69, 9.17) is 17.3 Å². The van der Waals surface area contributed by atoms with E-state index in [0.29, 0.717) is 11.2 Å². The highest BCUT2D eigenvalue weighted by Crippen LogP contribution is 2.37. The molecule has 0 unspecified atom stereocenters. The van der Waals surface area contributed by atoms with Crippen LogP contribution in [0.1, 0.15) is 11.1 Å². The standard InChI is InChI=1S/C20H19BO2/c1-13-10-17(20(18(21)11-13)23-12-22-3)19-14(2)8-9-15-6-4-5-7-16(15)19/h4-11H,12H2,1-3H3. The van der Waals surface area contributed by atoms with Gasteiger partial charge in [-0.05, 0) is 41.8 Å². The van der Waals surface area contributed by atoms with Crippen molar-refractivity contribution >= 4 is 24.1 Å². The van der Waals surface area contributed by atoms with Crippen molar-refractivity contribution in [1.29, 1.82) is 0 Å². The van der Waals surface area contributed by atoms with E-state index < -0.39 is 0 Å². The monoisotopic (exact) mass is 302 g/mol. The van der Waals surface area contributed by atoms with E-state index in [-0.39, 0.29) is 6.79 Å². The molecule has 3 heteroatoms. The molecule has 0 amide bonds. The number of aryl methyl sites for hydroxylation is 2. The van der Waals surface area contributed by atoms with Crippen molar-refractivity contribution in [2.24, 2.45) is 0 Å². The first-order valence-electron chi connectivity index (χ1n) is 7.62. The first-order chi connectivity index (χ1) is 11.1. The summed E-state index contributed by atoms with van der Waals surface area (Å²) >= 11 is 0. The molecule has 114 valence electrons. The molecule has 0 N–H and O–H groups in total. The zero-order valence-electron chi connectivity index (χ0n) is 13.7. The molecule has 0 aliphatic carbocycles. The Morgan fingerprint density at radius 3 is 2.57 bits per heavy atom. The fourth-order valence-electron chi connectivity index (χ4n) is 3.00. The van der Waals surface area contributed by atoms with Gasteiger partial charge in [0, 0.05) is 12.7 Å². The Morgan fingerprint density at radius 2 is 1.78 bits per heavy atom. The third-order valence-electron chi connectivity index (χ3n) is 3.99. The molecule has 0 atom stereocenters. The summed E-state index contributed by atoms with van der Waals surface area (Å²) in [6, 6.07) is 16.7. The first-order valence-corrected chi connectivity index (χ1v) is 7.62. The SMILES string of the molecule is [B]c1cc(C)cc(-c2c(C)ccc3ccccc23)c1OCOC. The summed E-state index contributed by atoms with van der Waals surface area (Å²) in [5.74, 6) is 0.678. The van der Waals surface area contributed by atoms with Crippen molar-refractivity contribution in [3.8, 4) is 16.9 Å². The van der Waals surface area contributed by atoms with Gasteiger partial charge < -0.3 is 9.47 Å². The maximum absolute atomic E-state index is 6.21. The molecule has 3 aromatic rings. The molecule has 0 heterocycles. The van der Waals surface area contributed by atoms with Crippen LogP contribution in [0.2, 0.25) is 0 Å². The molecule has 0 fully saturated rings. The van der Waals surface area contributed by atoms with E-state index in [1.165, 1.54) is 16.3 Å². The lowest BCUT2D eigenvalue weighted by Crippen LogP contribution is -2.13. The number of methoxy groups -OCH3 is 1. The van der Waals surface area contributed by atoms with Crippen molar-refractivity contribution in [2.45, 2.75) is 13.8 Å². The second-order valence-corrected chi connectivity index (χ2v) is 5.76. The Labute approximate surface area is 138 Å². The van der Waals surface area contributed by atoms with Crippen LogP contribution < -0.4 is 10.2 Å². The van der Waals surface area contributed by atoms with Gasteiger partial charge in [0.25, 0.3) is 0 Å². The molecular weight excluding hydrogens is 283 g/mol. The van der Waals surface area contributed by atoms with E-state index in [9.17, 15) is 0 Å². The van der Waals surface area contributed by atoms with E-state index in [2.05, 4.69) is 43.3 Å². The fourth-order valence-corrected chi connectivity index (χ4v) is 3.00. The predicted molar refractivity (Wildman–Crippen MR) is 96.8 cm³/mol. The Balaban J connectivity index is 2.32. The number of fused-ring (bicyclic) bond motifs is 1. The van der Waals surface area contributed by atoms with Gasteiger partial charge in [-0.25, -0.2) is 0 Å². The molecule has 0 aliphatic rings. The Kier molecular flexibility index (Phi) is 4.40. The summed E-state index contributed by atoms with van der Waals surface area (Å²) in [5, 5.41) is 2.39. The van der Waals surface area contributed by atoms with Gasteiger partial charge >= 0.3 is 0 Å². The maximum Gasteiger partial charge on any atom is 0.188 e. The summed E-state index contributed by atoms with van der Waals surface area (Å²) < 4.78 is 10.8. The third kappa shape index (κ3) is 2.97. The van der Waals surface area contributed by atoms with Crippen molar-refractivity contribution in [1.82, 2.24) is 0 Å². The minimum absolute atomic E-state index is 0.171. The number of hydrogen-bond donors (Lipinski definition) is 0. The zero-order chi connectivity index (χ0) is 16.4. The van der Waals surface area contributed by atoms with Crippen LogP contribution in [0.15, 0.2) is 48.5 Å². The topological polar surface area (TPSA) is 18.5 Å². The lowest BCUT2D eigenvalue weighted by Gasteiger charge is -2.18. The first kappa shape index (κ1) is 15.6. The molecule has 2 nitrogen and oxygen atoms in total. The molecule has 0 aliphatic heterocycles. The predicted octanol–water partition coefficient (Wildman–Crippen LogP) is 3.90. The molecule has 0 saturated heterocycles. The van der Waals surface area contributed by atoms with Crippen LogP contribution in [-0.2, 0) is 4.74 Å². The Morgan fingerprint density at radius 1 is 1.00 bits per heavy atom. The molecular formula is C20H19BO2. The van der Waals surface area contributed by atoms with Crippen LogP contribution >= 0.6 is 0 Å². The lowest BCUT2D eigenvalue weighted by atomic mass is 9.86. The average molecular weight is 302 g/mol. The van der Waals surface area contributed by atoms with Gasteiger partial charge in [0.1, 0.15) is 13.6 Å². The molecule has 0 spiro atoms. The van der Waals surface area contributed by atoms with Crippen LogP contribution in [0.4, 0.5) is 0 Å². The highest BCUT2D eigenvalue weighted by Gasteiger charge is 2.15. The normalized spacial score (nSPS) is 10.9. The lowest BCUT2D eigenvalue weighted by molar-refractivity contribution is 0.0523. The van der Waals surface area contributed by atoms with Crippen LogP contribution in [0.25, 0.3) is 21.9 Å². The minimum atomic E-state index is 0.171. The fraction of sp³-hybridized carbons (Fsp3) is 0.200. The summed E-state index contributed by atoms with van der Waals surface area (Å²) in [6.07, 6.45) is 0. The molecule has 0 bridgehead atoms. The smallest absolute Gasteiger partial charge is 0.188 e. The van der Waals surface area contributed by atoms with Gasteiger partial charge in [0.15, 0.2) is 6.79 Å². The zero-order valence-corrected chi connectivity index (χ0v) is 13.7.